The van der Waals surface area contributed by atoms with Gasteiger partial charge >= 0.3 is 0 Å². The molecule has 1 rings (SSSR count). The van der Waals surface area contributed by atoms with Crippen LogP contribution in [0.4, 0.5) is 5.69 Å². The van der Waals surface area contributed by atoms with Gasteiger partial charge in [0.2, 0.25) is 15.9 Å². The van der Waals surface area contributed by atoms with E-state index in [-0.39, 0.29) is 17.9 Å². The van der Waals surface area contributed by atoms with E-state index < -0.39 is 15.9 Å². The monoisotopic (exact) mass is 311 g/mol. The number of ether oxygens (including phenoxy) is 1. The van der Waals surface area contributed by atoms with Crippen molar-refractivity contribution in [3.63, 3.8) is 0 Å². The van der Waals surface area contributed by atoms with E-state index in [9.17, 15) is 13.2 Å². The zero-order valence-electron chi connectivity index (χ0n) is 11.6. The number of methoxy groups -OCH3 is 1. The van der Waals surface area contributed by atoms with Gasteiger partial charge in [0.25, 0.3) is 0 Å². The van der Waals surface area contributed by atoms with Gasteiger partial charge in [-0.25, -0.2) is 13.1 Å². The first kappa shape index (κ1) is 17.1. The lowest BCUT2D eigenvalue weighted by molar-refractivity contribution is -0.115. The molecule has 0 aliphatic carbocycles. The number of rotatable bonds is 8. The molecule has 8 heteroatoms. The molecule has 21 heavy (non-hydrogen) atoms. The first-order valence-electron chi connectivity index (χ1n) is 6.25. The standard InChI is InChI=1S/C13H17N3O4S/c1-20-10-2-9-15-21(18,19)12-5-3-11(4-6-12)16-13(17)7-8-14/h3-6,15H,2,7,9-10H2,1H3,(H,16,17). The molecule has 0 atom stereocenters. The number of nitriles is 1. The molecular weight excluding hydrogens is 294 g/mol. The summed E-state index contributed by atoms with van der Waals surface area (Å²) in [6.07, 6.45) is 0.332. The lowest BCUT2D eigenvalue weighted by atomic mass is 10.3. The van der Waals surface area contributed by atoms with Crippen LogP contribution in [0, 0.1) is 11.3 Å². The van der Waals surface area contributed by atoms with Crippen molar-refractivity contribution in [2.75, 3.05) is 25.6 Å². The molecule has 114 valence electrons. The van der Waals surface area contributed by atoms with Gasteiger partial charge in [0.15, 0.2) is 0 Å². The van der Waals surface area contributed by atoms with Crippen LogP contribution in [0.1, 0.15) is 12.8 Å². The molecule has 0 radical (unpaired) electrons. The third-order valence-corrected chi connectivity index (χ3v) is 3.98. The van der Waals surface area contributed by atoms with Crippen molar-refractivity contribution in [3.05, 3.63) is 24.3 Å². The summed E-state index contributed by atoms with van der Waals surface area (Å²) >= 11 is 0. The summed E-state index contributed by atoms with van der Waals surface area (Å²) in [6.45, 7) is 0.767. The minimum Gasteiger partial charge on any atom is -0.385 e. The smallest absolute Gasteiger partial charge is 0.240 e. The quantitative estimate of drug-likeness (QED) is 0.692. The predicted octanol–water partition coefficient (Wildman–Crippen LogP) is 0.854. The molecule has 1 aromatic rings. The van der Waals surface area contributed by atoms with Gasteiger partial charge in [-0.1, -0.05) is 0 Å². The molecule has 0 unspecified atom stereocenters. The number of benzene rings is 1. The molecule has 0 aromatic heterocycles. The Morgan fingerprint density at radius 1 is 1.33 bits per heavy atom. The Morgan fingerprint density at radius 3 is 2.57 bits per heavy atom. The summed E-state index contributed by atoms with van der Waals surface area (Å²) in [5.41, 5.74) is 0.439. The summed E-state index contributed by atoms with van der Waals surface area (Å²) < 4.78 is 31.2. The van der Waals surface area contributed by atoms with Gasteiger partial charge in [-0.3, -0.25) is 4.79 Å². The molecule has 0 aliphatic rings. The zero-order valence-corrected chi connectivity index (χ0v) is 12.4. The largest absolute Gasteiger partial charge is 0.385 e. The van der Waals surface area contributed by atoms with E-state index in [0.29, 0.717) is 18.7 Å². The van der Waals surface area contributed by atoms with Crippen molar-refractivity contribution in [1.29, 1.82) is 5.26 Å². The van der Waals surface area contributed by atoms with Crippen molar-refractivity contribution in [2.24, 2.45) is 0 Å². The average Bonchev–Trinajstić information content (AvgIpc) is 2.44. The van der Waals surface area contributed by atoms with Crippen LogP contribution >= 0.6 is 0 Å². The first-order chi connectivity index (χ1) is 9.99. The van der Waals surface area contributed by atoms with Crippen molar-refractivity contribution in [1.82, 2.24) is 4.72 Å². The minimum absolute atomic E-state index is 0.109. The van der Waals surface area contributed by atoms with Gasteiger partial charge in [-0.05, 0) is 30.7 Å². The Morgan fingerprint density at radius 2 is 2.00 bits per heavy atom. The second kappa shape index (κ2) is 8.36. The van der Waals surface area contributed by atoms with Crippen LogP contribution in [0.5, 0.6) is 0 Å². The maximum absolute atomic E-state index is 11.9. The third-order valence-electron chi connectivity index (χ3n) is 2.51. The maximum Gasteiger partial charge on any atom is 0.240 e. The Labute approximate surface area is 124 Å². The number of anilines is 1. The topological polar surface area (TPSA) is 108 Å². The number of hydrogen-bond donors (Lipinski definition) is 2. The van der Waals surface area contributed by atoms with Crippen LogP contribution in [0.2, 0.25) is 0 Å². The highest BCUT2D eigenvalue weighted by molar-refractivity contribution is 7.89. The number of sulfonamides is 1. The van der Waals surface area contributed by atoms with Crippen molar-refractivity contribution >= 4 is 21.6 Å². The fraction of sp³-hybridized carbons (Fsp3) is 0.385. The van der Waals surface area contributed by atoms with Gasteiger partial charge in [0, 0.05) is 25.9 Å². The second-order valence-electron chi connectivity index (χ2n) is 4.15. The fourth-order valence-corrected chi connectivity index (χ4v) is 2.57. The van der Waals surface area contributed by atoms with Crippen LogP contribution in [-0.2, 0) is 19.6 Å². The summed E-state index contributed by atoms with van der Waals surface area (Å²) in [5, 5.41) is 10.9. The number of carbonyl (C=O) groups is 1. The Hall–Kier alpha value is -1.95. The first-order valence-corrected chi connectivity index (χ1v) is 7.73. The molecule has 2 N–H and O–H groups in total. The lowest BCUT2D eigenvalue weighted by Gasteiger charge is -2.08. The van der Waals surface area contributed by atoms with Crippen LogP contribution in [-0.4, -0.2) is 34.6 Å². The van der Waals surface area contributed by atoms with E-state index in [2.05, 4.69) is 10.0 Å². The normalized spacial score (nSPS) is 10.9. The summed E-state index contributed by atoms with van der Waals surface area (Å²) in [6, 6.07) is 7.45. The molecule has 7 nitrogen and oxygen atoms in total. The molecule has 0 bridgehead atoms. The molecule has 0 saturated heterocycles. The van der Waals surface area contributed by atoms with E-state index in [1.807, 2.05) is 0 Å². The van der Waals surface area contributed by atoms with E-state index in [1.54, 1.807) is 13.2 Å². The minimum atomic E-state index is -3.57. The molecule has 0 aliphatic heterocycles. The summed E-state index contributed by atoms with van der Waals surface area (Å²) in [4.78, 5) is 11.3. The Bertz CT molecular complexity index is 605. The van der Waals surface area contributed by atoms with Crippen LogP contribution < -0.4 is 10.0 Å². The highest BCUT2D eigenvalue weighted by Gasteiger charge is 2.13. The molecule has 1 amide bonds. The molecule has 0 spiro atoms. The van der Waals surface area contributed by atoms with Crippen molar-refractivity contribution in [2.45, 2.75) is 17.7 Å². The number of carbonyl (C=O) groups excluding carboxylic acids is 1. The van der Waals surface area contributed by atoms with E-state index in [4.69, 9.17) is 10.00 Å². The van der Waals surface area contributed by atoms with Crippen LogP contribution in [0.15, 0.2) is 29.2 Å². The summed E-state index contributed by atoms with van der Waals surface area (Å²) in [5.74, 6) is -0.439. The molecule has 1 aromatic carbocycles. The third kappa shape index (κ3) is 5.91. The van der Waals surface area contributed by atoms with Crippen molar-refractivity contribution in [3.8, 4) is 6.07 Å². The molecule has 0 heterocycles. The molecule has 0 fully saturated rings. The SMILES string of the molecule is COCCCNS(=O)(=O)c1ccc(NC(=O)CC#N)cc1. The van der Waals surface area contributed by atoms with Gasteiger partial charge in [-0.15, -0.1) is 0 Å². The van der Waals surface area contributed by atoms with Gasteiger partial charge in [0.1, 0.15) is 6.42 Å². The van der Waals surface area contributed by atoms with Gasteiger partial charge in [-0.2, -0.15) is 5.26 Å². The lowest BCUT2D eigenvalue weighted by Crippen LogP contribution is -2.25. The van der Waals surface area contributed by atoms with Crippen LogP contribution in [0.3, 0.4) is 0 Å². The Kier molecular flexibility index (Phi) is 6.81. The highest BCUT2D eigenvalue weighted by atomic mass is 32.2. The van der Waals surface area contributed by atoms with E-state index in [1.165, 1.54) is 24.3 Å². The highest BCUT2D eigenvalue weighted by Crippen LogP contribution is 2.14. The summed E-state index contributed by atoms with van der Waals surface area (Å²) in [7, 11) is -2.02. The maximum atomic E-state index is 11.9. The van der Waals surface area contributed by atoms with Crippen molar-refractivity contribution < 1.29 is 17.9 Å². The second-order valence-corrected chi connectivity index (χ2v) is 5.92. The Balaban J connectivity index is 2.64. The number of nitrogens with zero attached hydrogens (tertiary/aromatic N) is 1. The molecular formula is C13H17N3O4S. The van der Waals surface area contributed by atoms with Gasteiger partial charge < -0.3 is 10.1 Å². The number of nitrogens with one attached hydrogen (secondary N) is 2. The van der Waals surface area contributed by atoms with E-state index >= 15 is 0 Å². The number of hydrogen-bond acceptors (Lipinski definition) is 5. The van der Waals surface area contributed by atoms with Gasteiger partial charge in [0.05, 0.1) is 11.0 Å². The van der Waals surface area contributed by atoms with Crippen LogP contribution in [0.25, 0.3) is 0 Å². The average molecular weight is 311 g/mol. The predicted molar refractivity (Wildman–Crippen MR) is 77.0 cm³/mol. The molecule has 0 saturated carbocycles. The zero-order chi connectivity index (χ0) is 15.7. The van der Waals surface area contributed by atoms with E-state index in [0.717, 1.165) is 0 Å². The fourth-order valence-electron chi connectivity index (χ4n) is 1.50. The number of amides is 1.